The molecule has 1 unspecified atom stereocenters. The van der Waals surface area contributed by atoms with Crippen molar-refractivity contribution in [1.82, 2.24) is 5.32 Å². The van der Waals surface area contributed by atoms with Gasteiger partial charge in [0.05, 0.1) is 13.2 Å². The summed E-state index contributed by atoms with van der Waals surface area (Å²) in [4.78, 5) is 24.1. The first-order chi connectivity index (χ1) is 13.2. The molecule has 0 spiro atoms. The van der Waals surface area contributed by atoms with Crippen LogP contribution in [-0.2, 0) is 14.3 Å². The van der Waals surface area contributed by atoms with Crippen molar-refractivity contribution in [2.75, 3.05) is 37.0 Å². The Bertz CT molecular complexity index is 767. The van der Waals surface area contributed by atoms with Crippen LogP contribution >= 0.6 is 12.4 Å². The zero-order valence-electron chi connectivity index (χ0n) is 15.4. The maximum atomic E-state index is 12.1. The van der Waals surface area contributed by atoms with Gasteiger partial charge >= 0.3 is 0 Å². The van der Waals surface area contributed by atoms with Gasteiger partial charge in [0.2, 0.25) is 5.91 Å². The van der Waals surface area contributed by atoms with Gasteiger partial charge in [0, 0.05) is 36.4 Å². The van der Waals surface area contributed by atoms with E-state index in [1.807, 2.05) is 18.2 Å². The Morgan fingerprint density at radius 2 is 1.79 bits per heavy atom. The third-order valence-electron chi connectivity index (χ3n) is 3.98. The highest BCUT2D eigenvalue weighted by molar-refractivity contribution is 5.92. The van der Waals surface area contributed by atoms with E-state index in [1.54, 1.807) is 36.4 Å². The second kappa shape index (κ2) is 11.3. The topological polar surface area (TPSA) is 88.7 Å². The minimum absolute atomic E-state index is 0. The molecule has 8 heteroatoms. The normalized spacial score (nSPS) is 15.8. The number of carbonyl (C=O) groups is 2. The van der Waals surface area contributed by atoms with Gasteiger partial charge in [-0.05, 0) is 24.3 Å². The lowest BCUT2D eigenvalue weighted by Crippen LogP contribution is -2.43. The smallest absolute Gasteiger partial charge is 0.262 e. The molecule has 1 heterocycles. The number of carbonyl (C=O) groups excluding carboxylic acids is 2. The zero-order chi connectivity index (χ0) is 18.9. The third kappa shape index (κ3) is 7.19. The van der Waals surface area contributed by atoms with Gasteiger partial charge in [0.15, 0.2) is 6.61 Å². The highest BCUT2D eigenvalue weighted by Gasteiger charge is 2.17. The second-order valence-corrected chi connectivity index (χ2v) is 6.21. The lowest BCUT2D eigenvalue weighted by Gasteiger charge is -2.23. The summed E-state index contributed by atoms with van der Waals surface area (Å²) < 4.78 is 10.9. The van der Waals surface area contributed by atoms with Crippen molar-refractivity contribution in [3.8, 4) is 5.75 Å². The molecule has 1 fully saturated rings. The van der Waals surface area contributed by atoms with Gasteiger partial charge in [0.1, 0.15) is 5.75 Å². The quantitative estimate of drug-likeness (QED) is 0.658. The molecule has 2 aromatic rings. The van der Waals surface area contributed by atoms with E-state index in [0.29, 0.717) is 36.8 Å². The number of amides is 2. The predicted octanol–water partition coefficient (Wildman–Crippen LogP) is 2.44. The van der Waals surface area contributed by atoms with E-state index >= 15 is 0 Å². The molecule has 0 bridgehead atoms. The van der Waals surface area contributed by atoms with Crippen LogP contribution in [0.4, 0.5) is 11.4 Å². The van der Waals surface area contributed by atoms with Crippen LogP contribution in [0, 0.1) is 0 Å². The number of morpholine rings is 1. The van der Waals surface area contributed by atoms with Crippen molar-refractivity contribution >= 4 is 35.6 Å². The van der Waals surface area contributed by atoms with E-state index in [9.17, 15) is 9.59 Å². The van der Waals surface area contributed by atoms with Crippen LogP contribution in [0.1, 0.15) is 6.42 Å². The van der Waals surface area contributed by atoms with E-state index in [0.717, 1.165) is 6.54 Å². The van der Waals surface area contributed by atoms with Crippen LogP contribution < -0.4 is 20.7 Å². The molecular weight excluding hydrogens is 382 g/mol. The summed E-state index contributed by atoms with van der Waals surface area (Å²) in [5, 5.41) is 8.84. The Morgan fingerprint density at radius 1 is 1.04 bits per heavy atom. The Balaban J connectivity index is 0.00000280. The minimum Gasteiger partial charge on any atom is -0.484 e. The Hall–Kier alpha value is -2.61. The summed E-state index contributed by atoms with van der Waals surface area (Å²) in [6, 6.07) is 16.2. The molecule has 150 valence electrons. The average molecular weight is 406 g/mol. The highest BCUT2D eigenvalue weighted by Crippen LogP contribution is 2.18. The number of nitrogens with one attached hydrogen (secondary N) is 3. The molecule has 1 saturated heterocycles. The van der Waals surface area contributed by atoms with Gasteiger partial charge in [-0.15, -0.1) is 12.4 Å². The molecule has 28 heavy (non-hydrogen) atoms. The number of para-hydroxylation sites is 1. The van der Waals surface area contributed by atoms with E-state index in [4.69, 9.17) is 9.47 Å². The lowest BCUT2D eigenvalue weighted by molar-refractivity contribution is -0.118. The van der Waals surface area contributed by atoms with Crippen molar-refractivity contribution in [1.29, 1.82) is 0 Å². The van der Waals surface area contributed by atoms with Crippen molar-refractivity contribution in [2.24, 2.45) is 0 Å². The molecular formula is C20H24ClN3O4. The van der Waals surface area contributed by atoms with Gasteiger partial charge in [-0.1, -0.05) is 24.3 Å². The molecule has 2 aromatic carbocycles. The number of ether oxygens (including phenoxy) is 2. The summed E-state index contributed by atoms with van der Waals surface area (Å²) in [6.45, 7) is 1.85. The number of anilines is 2. The largest absolute Gasteiger partial charge is 0.484 e. The van der Waals surface area contributed by atoms with Crippen LogP contribution in [0.3, 0.4) is 0 Å². The van der Waals surface area contributed by atoms with Gasteiger partial charge in [-0.3, -0.25) is 9.59 Å². The Morgan fingerprint density at radius 3 is 2.54 bits per heavy atom. The summed E-state index contributed by atoms with van der Waals surface area (Å²) in [5.41, 5.74) is 1.34. The van der Waals surface area contributed by atoms with E-state index in [2.05, 4.69) is 16.0 Å². The fourth-order valence-corrected chi connectivity index (χ4v) is 2.72. The van der Waals surface area contributed by atoms with E-state index < -0.39 is 0 Å². The average Bonchev–Trinajstić information content (AvgIpc) is 2.68. The molecule has 3 N–H and O–H groups in total. The first-order valence-electron chi connectivity index (χ1n) is 8.88. The fourth-order valence-electron chi connectivity index (χ4n) is 2.72. The summed E-state index contributed by atoms with van der Waals surface area (Å²) in [5.74, 6) is 0.158. The standard InChI is InChI=1S/C20H23N3O4.ClH/c24-19(12-17-13-26-10-9-21-17)23-16-7-4-8-18(11-16)27-14-20(25)22-15-5-2-1-3-6-15;/h1-8,11,17,21H,9-10,12-14H2,(H,22,25)(H,23,24);1H. The lowest BCUT2D eigenvalue weighted by atomic mass is 10.2. The van der Waals surface area contributed by atoms with Crippen molar-refractivity contribution in [3.05, 3.63) is 54.6 Å². The number of halogens is 1. The third-order valence-corrected chi connectivity index (χ3v) is 3.98. The molecule has 0 aromatic heterocycles. The Kier molecular flexibility index (Phi) is 8.74. The summed E-state index contributed by atoms with van der Waals surface area (Å²) >= 11 is 0. The van der Waals surface area contributed by atoms with Crippen molar-refractivity contribution in [3.63, 3.8) is 0 Å². The molecule has 1 atom stereocenters. The minimum atomic E-state index is -0.251. The molecule has 1 aliphatic heterocycles. The SMILES string of the molecule is Cl.O=C(COc1cccc(NC(=O)CC2COCCN2)c1)Nc1ccccc1. The number of hydrogen-bond donors (Lipinski definition) is 3. The molecule has 0 saturated carbocycles. The first-order valence-corrected chi connectivity index (χ1v) is 8.88. The zero-order valence-corrected chi connectivity index (χ0v) is 16.2. The number of benzene rings is 2. The van der Waals surface area contributed by atoms with E-state index in [-0.39, 0.29) is 36.9 Å². The molecule has 2 amide bonds. The van der Waals surface area contributed by atoms with Crippen LogP contribution in [0.25, 0.3) is 0 Å². The fraction of sp³-hybridized carbons (Fsp3) is 0.300. The molecule has 1 aliphatic rings. The molecule has 3 rings (SSSR count). The van der Waals surface area contributed by atoms with Gasteiger partial charge in [-0.25, -0.2) is 0 Å². The van der Waals surface area contributed by atoms with Gasteiger partial charge in [-0.2, -0.15) is 0 Å². The van der Waals surface area contributed by atoms with Crippen LogP contribution in [0.15, 0.2) is 54.6 Å². The maximum absolute atomic E-state index is 12.1. The molecule has 0 radical (unpaired) electrons. The summed E-state index contributed by atoms with van der Waals surface area (Å²) in [6.07, 6.45) is 0.338. The number of rotatable bonds is 7. The second-order valence-electron chi connectivity index (χ2n) is 6.21. The van der Waals surface area contributed by atoms with Crippen LogP contribution in [0.2, 0.25) is 0 Å². The first kappa shape index (κ1) is 21.7. The highest BCUT2D eigenvalue weighted by atomic mass is 35.5. The summed E-state index contributed by atoms with van der Waals surface area (Å²) in [7, 11) is 0. The number of hydrogen-bond acceptors (Lipinski definition) is 5. The molecule has 7 nitrogen and oxygen atoms in total. The monoisotopic (exact) mass is 405 g/mol. The van der Waals surface area contributed by atoms with Crippen molar-refractivity contribution in [2.45, 2.75) is 12.5 Å². The predicted molar refractivity (Wildman–Crippen MR) is 110 cm³/mol. The maximum Gasteiger partial charge on any atom is 0.262 e. The van der Waals surface area contributed by atoms with Gasteiger partial charge < -0.3 is 25.4 Å². The van der Waals surface area contributed by atoms with E-state index in [1.165, 1.54) is 0 Å². The molecule has 0 aliphatic carbocycles. The van der Waals surface area contributed by atoms with Crippen molar-refractivity contribution < 1.29 is 19.1 Å². The van der Waals surface area contributed by atoms with Crippen LogP contribution in [-0.4, -0.2) is 44.2 Å². The van der Waals surface area contributed by atoms with Crippen LogP contribution in [0.5, 0.6) is 5.75 Å². The Labute approximate surface area is 170 Å². The van der Waals surface area contributed by atoms with Gasteiger partial charge in [0.25, 0.3) is 5.91 Å².